The Balaban J connectivity index is 1.79. The van der Waals surface area contributed by atoms with Gasteiger partial charge in [-0.3, -0.25) is 9.20 Å². The van der Waals surface area contributed by atoms with Crippen LogP contribution in [0.5, 0.6) is 0 Å². The molecule has 0 radical (unpaired) electrons. The highest BCUT2D eigenvalue weighted by Gasteiger charge is 2.08. The van der Waals surface area contributed by atoms with E-state index >= 15 is 0 Å². The fourth-order valence-electron chi connectivity index (χ4n) is 2.20. The number of hydrogen-bond acceptors (Lipinski definition) is 2. The number of imidazole rings is 1. The van der Waals surface area contributed by atoms with E-state index in [0.29, 0.717) is 10.8 Å². The number of fused-ring (bicyclic) bond motifs is 1. The minimum atomic E-state index is -0.0967. The maximum absolute atomic E-state index is 12.1. The summed E-state index contributed by atoms with van der Waals surface area (Å²) in [5.74, 6) is 0.571. The van der Waals surface area contributed by atoms with Gasteiger partial charge in [0.2, 0.25) is 5.91 Å². The molecule has 0 spiro atoms. The Bertz CT molecular complexity index is 810. The molecule has 0 saturated carbocycles. The monoisotopic (exact) mass is 299 g/mol. The quantitative estimate of drug-likeness (QED) is 0.805. The van der Waals surface area contributed by atoms with Crippen LogP contribution in [0.25, 0.3) is 5.65 Å². The summed E-state index contributed by atoms with van der Waals surface area (Å²) in [4.78, 5) is 16.4. The molecule has 1 N–H and O–H groups in total. The Hall–Kier alpha value is -2.33. The van der Waals surface area contributed by atoms with E-state index in [-0.39, 0.29) is 12.3 Å². The number of pyridine rings is 1. The molecule has 2 aromatic heterocycles. The number of carbonyl (C=O) groups is 1. The molecule has 3 rings (SSSR count). The maximum atomic E-state index is 12.1. The molecule has 0 fully saturated rings. The Morgan fingerprint density at radius 2 is 2.19 bits per heavy atom. The number of rotatable bonds is 3. The van der Waals surface area contributed by atoms with Crippen molar-refractivity contribution < 1.29 is 4.79 Å². The number of aromatic nitrogens is 2. The Labute approximate surface area is 127 Å². The highest BCUT2D eigenvalue weighted by Crippen LogP contribution is 2.15. The molecule has 0 aliphatic heterocycles. The second-order valence-electron chi connectivity index (χ2n) is 4.93. The lowest BCUT2D eigenvalue weighted by molar-refractivity contribution is -0.115. The summed E-state index contributed by atoms with van der Waals surface area (Å²) in [5, 5.41) is 3.51. The van der Waals surface area contributed by atoms with Gasteiger partial charge in [-0.05, 0) is 36.2 Å². The number of carbonyl (C=O) groups excluding carboxylic acids is 1. The van der Waals surface area contributed by atoms with Gasteiger partial charge in [0, 0.05) is 11.2 Å². The van der Waals surface area contributed by atoms with Gasteiger partial charge in [-0.1, -0.05) is 29.8 Å². The molecular weight excluding hydrogens is 286 g/mol. The SMILES string of the molecule is Cc1ccc2ncc(NC(=O)Cc3cccc(Cl)c3)n2c1. The lowest BCUT2D eigenvalue weighted by Crippen LogP contribution is -2.15. The Morgan fingerprint density at radius 3 is 3.00 bits per heavy atom. The molecule has 4 nitrogen and oxygen atoms in total. The predicted octanol–water partition coefficient (Wildman–Crippen LogP) is 3.48. The van der Waals surface area contributed by atoms with Crippen LogP contribution in [0.15, 0.2) is 48.8 Å². The maximum Gasteiger partial charge on any atom is 0.229 e. The zero-order valence-electron chi connectivity index (χ0n) is 11.5. The van der Waals surface area contributed by atoms with Gasteiger partial charge >= 0.3 is 0 Å². The largest absolute Gasteiger partial charge is 0.310 e. The summed E-state index contributed by atoms with van der Waals surface area (Å²) < 4.78 is 1.87. The minimum Gasteiger partial charge on any atom is -0.310 e. The molecule has 1 amide bonds. The predicted molar refractivity (Wildman–Crippen MR) is 83.7 cm³/mol. The number of benzene rings is 1. The van der Waals surface area contributed by atoms with E-state index < -0.39 is 0 Å². The van der Waals surface area contributed by atoms with Crippen LogP contribution in [0.2, 0.25) is 5.02 Å². The van der Waals surface area contributed by atoms with Gasteiger partial charge in [-0.25, -0.2) is 4.98 Å². The van der Waals surface area contributed by atoms with Crippen LogP contribution in [0.1, 0.15) is 11.1 Å². The van der Waals surface area contributed by atoms with Crippen LogP contribution in [0, 0.1) is 6.92 Å². The molecule has 2 heterocycles. The van der Waals surface area contributed by atoms with Gasteiger partial charge < -0.3 is 5.32 Å². The van der Waals surface area contributed by atoms with Crippen LogP contribution < -0.4 is 5.32 Å². The van der Waals surface area contributed by atoms with E-state index in [1.807, 2.05) is 41.8 Å². The van der Waals surface area contributed by atoms with Crippen molar-refractivity contribution in [1.82, 2.24) is 9.38 Å². The minimum absolute atomic E-state index is 0.0967. The normalized spacial score (nSPS) is 10.8. The van der Waals surface area contributed by atoms with E-state index in [9.17, 15) is 4.79 Å². The number of hydrogen-bond donors (Lipinski definition) is 1. The van der Waals surface area contributed by atoms with E-state index in [4.69, 9.17) is 11.6 Å². The summed E-state index contributed by atoms with van der Waals surface area (Å²) in [5.41, 5.74) is 2.79. The second-order valence-corrected chi connectivity index (χ2v) is 5.37. The fraction of sp³-hybridized carbons (Fsp3) is 0.125. The van der Waals surface area contributed by atoms with Gasteiger partial charge in [-0.2, -0.15) is 0 Å². The van der Waals surface area contributed by atoms with E-state index in [1.165, 1.54) is 0 Å². The summed E-state index contributed by atoms with van der Waals surface area (Å²) in [6.07, 6.45) is 3.88. The second kappa shape index (κ2) is 5.58. The van der Waals surface area contributed by atoms with Crippen molar-refractivity contribution >= 4 is 29.0 Å². The van der Waals surface area contributed by atoms with Crippen molar-refractivity contribution in [2.45, 2.75) is 13.3 Å². The average Bonchev–Trinajstić information content (AvgIpc) is 2.81. The molecule has 3 aromatic rings. The first kappa shape index (κ1) is 13.6. The van der Waals surface area contributed by atoms with Crippen LogP contribution in [-0.4, -0.2) is 15.3 Å². The van der Waals surface area contributed by atoms with E-state index in [2.05, 4.69) is 10.3 Å². The van der Waals surface area contributed by atoms with Crippen LogP contribution in [0.4, 0.5) is 5.82 Å². The van der Waals surface area contributed by atoms with Crippen molar-refractivity contribution in [1.29, 1.82) is 0 Å². The van der Waals surface area contributed by atoms with E-state index in [0.717, 1.165) is 16.8 Å². The zero-order chi connectivity index (χ0) is 14.8. The number of nitrogens with one attached hydrogen (secondary N) is 1. The van der Waals surface area contributed by atoms with Crippen LogP contribution in [0.3, 0.4) is 0 Å². The Morgan fingerprint density at radius 1 is 1.33 bits per heavy atom. The molecule has 0 atom stereocenters. The summed E-state index contributed by atoms with van der Waals surface area (Å²) in [6.45, 7) is 2.00. The third kappa shape index (κ3) is 3.06. The van der Waals surface area contributed by atoms with Crippen molar-refractivity contribution in [2.24, 2.45) is 0 Å². The fourth-order valence-corrected chi connectivity index (χ4v) is 2.41. The molecule has 0 unspecified atom stereocenters. The molecule has 5 heteroatoms. The van der Waals surface area contributed by atoms with E-state index in [1.54, 1.807) is 18.3 Å². The van der Waals surface area contributed by atoms with Crippen molar-refractivity contribution in [3.63, 3.8) is 0 Å². The number of anilines is 1. The van der Waals surface area contributed by atoms with Gasteiger partial charge in [0.25, 0.3) is 0 Å². The van der Waals surface area contributed by atoms with Gasteiger partial charge in [0.1, 0.15) is 11.5 Å². The van der Waals surface area contributed by atoms with Crippen molar-refractivity contribution in [2.75, 3.05) is 5.32 Å². The molecular formula is C16H14ClN3O. The molecule has 0 bridgehead atoms. The lowest BCUT2D eigenvalue weighted by Gasteiger charge is -2.06. The summed E-state index contributed by atoms with van der Waals surface area (Å²) in [6, 6.07) is 11.2. The highest BCUT2D eigenvalue weighted by atomic mass is 35.5. The number of amides is 1. The molecule has 1 aromatic carbocycles. The third-order valence-electron chi connectivity index (χ3n) is 3.17. The lowest BCUT2D eigenvalue weighted by atomic mass is 10.1. The van der Waals surface area contributed by atoms with Gasteiger partial charge in [-0.15, -0.1) is 0 Å². The van der Waals surface area contributed by atoms with Crippen molar-refractivity contribution in [3.8, 4) is 0 Å². The van der Waals surface area contributed by atoms with Crippen LogP contribution >= 0.6 is 11.6 Å². The number of nitrogens with zero attached hydrogens (tertiary/aromatic N) is 2. The Kier molecular flexibility index (Phi) is 3.62. The highest BCUT2D eigenvalue weighted by molar-refractivity contribution is 6.30. The summed E-state index contributed by atoms with van der Waals surface area (Å²) >= 11 is 5.92. The molecule has 0 aliphatic rings. The van der Waals surface area contributed by atoms with Crippen molar-refractivity contribution in [3.05, 3.63) is 64.9 Å². The first-order valence-corrected chi connectivity index (χ1v) is 6.97. The van der Waals surface area contributed by atoms with Gasteiger partial charge in [0.05, 0.1) is 12.6 Å². The standard InChI is InChI=1S/C16H14ClN3O/c1-11-5-6-14-18-9-15(20(14)10-11)19-16(21)8-12-3-2-4-13(17)7-12/h2-7,9-10H,8H2,1H3,(H,19,21). The average molecular weight is 300 g/mol. The van der Waals surface area contributed by atoms with Gasteiger partial charge in [0.15, 0.2) is 0 Å². The zero-order valence-corrected chi connectivity index (χ0v) is 12.3. The third-order valence-corrected chi connectivity index (χ3v) is 3.41. The molecule has 0 saturated heterocycles. The number of halogens is 1. The smallest absolute Gasteiger partial charge is 0.229 e. The molecule has 0 aliphatic carbocycles. The topological polar surface area (TPSA) is 46.4 Å². The molecule has 106 valence electrons. The van der Waals surface area contributed by atoms with Crippen LogP contribution in [-0.2, 0) is 11.2 Å². The first-order valence-electron chi connectivity index (χ1n) is 6.60. The number of aryl methyl sites for hydroxylation is 1. The molecule has 21 heavy (non-hydrogen) atoms. The summed E-state index contributed by atoms with van der Waals surface area (Å²) in [7, 11) is 0. The first-order chi connectivity index (χ1) is 10.1.